The SMILES string of the molecule is CC(C)c1cnc(CCC(N)=O)s1. The van der Waals surface area contributed by atoms with Crippen LogP contribution in [0.2, 0.25) is 0 Å². The van der Waals surface area contributed by atoms with E-state index in [2.05, 4.69) is 18.8 Å². The maximum Gasteiger partial charge on any atom is 0.217 e. The normalized spacial score (nSPS) is 10.7. The van der Waals surface area contributed by atoms with E-state index in [1.165, 1.54) is 4.88 Å². The molecule has 0 atom stereocenters. The molecule has 0 aliphatic carbocycles. The number of carbonyl (C=O) groups excluding carboxylic acids is 1. The molecule has 0 spiro atoms. The van der Waals surface area contributed by atoms with Crippen LogP contribution >= 0.6 is 11.3 Å². The number of nitrogens with zero attached hydrogens (tertiary/aromatic N) is 1. The second kappa shape index (κ2) is 4.37. The van der Waals surface area contributed by atoms with Gasteiger partial charge in [0.05, 0.1) is 5.01 Å². The molecule has 1 rings (SSSR count). The predicted molar refractivity (Wildman–Crippen MR) is 53.7 cm³/mol. The van der Waals surface area contributed by atoms with Crippen LogP contribution in [0.3, 0.4) is 0 Å². The first-order valence-electron chi connectivity index (χ1n) is 4.32. The fraction of sp³-hybridized carbons (Fsp3) is 0.556. The van der Waals surface area contributed by atoms with E-state index in [-0.39, 0.29) is 5.91 Å². The lowest BCUT2D eigenvalue weighted by molar-refractivity contribution is -0.117. The predicted octanol–water partition coefficient (Wildman–Crippen LogP) is 1.68. The van der Waals surface area contributed by atoms with Gasteiger partial charge in [0.2, 0.25) is 5.91 Å². The van der Waals surface area contributed by atoms with E-state index in [0.29, 0.717) is 18.8 Å². The van der Waals surface area contributed by atoms with Gasteiger partial charge in [-0.2, -0.15) is 0 Å². The highest BCUT2D eigenvalue weighted by atomic mass is 32.1. The van der Waals surface area contributed by atoms with Crippen LogP contribution in [-0.2, 0) is 11.2 Å². The smallest absolute Gasteiger partial charge is 0.217 e. The Hall–Kier alpha value is -0.900. The van der Waals surface area contributed by atoms with Crippen LogP contribution in [0.4, 0.5) is 0 Å². The molecule has 1 aromatic heterocycles. The van der Waals surface area contributed by atoms with Gasteiger partial charge >= 0.3 is 0 Å². The third-order valence-corrected chi connectivity index (χ3v) is 3.08. The Kier molecular flexibility index (Phi) is 3.42. The summed E-state index contributed by atoms with van der Waals surface area (Å²) in [5.41, 5.74) is 5.04. The summed E-state index contributed by atoms with van der Waals surface area (Å²) in [7, 11) is 0. The van der Waals surface area contributed by atoms with Gasteiger partial charge in [0.15, 0.2) is 0 Å². The Morgan fingerprint density at radius 3 is 2.85 bits per heavy atom. The summed E-state index contributed by atoms with van der Waals surface area (Å²) in [4.78, 5) is 16.0. The van der Waals surface area contributed by atoms with Gasteiger partial charge in [-0.1, -0.05) is 13.8 Å². The number of amides is 1. The second-order valence-corrected chi connectivity index (χ2v) is 4.42. The van der Waals surface area contributed by atoms with Gasteiger partial charge in [0.25, 0.3) is 0 Å². The zero-order valence-corrected chi connectivity index (χ0v) is 8.73. The number of hydrogen-bond donors (Lipinski definition) is 1. The topological polar surface area (TPSA) is 56.0 Å². The van der Waals surface area contributed by atoms with E-state index >= 15 is 0 Å². The highest BCUT2D eigenvalue weighted by Gasteiger charge is 2.06. The van der Waals surface area contributed by atoms with Crippen molar-refractivity contribution < 1.29 is 4.79 Å². The Labute approximate surface area is 82.0 Å². The van der Waals surface area contributed by atoms with Gasteiger partial charge in [-0.3, -0.25) is 4.79 Å². The number of carbonyl (C=O) groups is 1. The molecule has 1 aromatic rings. The molecule has 2 N–H and O–H groups in total. The molecule has 72 valence electrons. The van der Waals surface area contributed by atoms with Crippen LogP contribution in [0.15, 0.2) is 6.20 Å². The molecule has 0 aliphatic heterocycles. The Balaban J connectivity index is 2.54. The van der Waals surface area contributed by atoms with Crippen LogP contribution in [0, 0.1) is 0 Å². The lowest BCUT2D eigenvalue weighted by Crippen LogP contribution is -2.10. The molecular formula is C9H14N2OS. The maximum atomic E-state index is 10.5. The molecule has 1 amide bonds. The van der Waals surface area contributed by atoms with Crippen molar-refractivity contribution in [1.82, 2.24) is 4.98 Å². The standard InChI is InChI=1S/C9H14N2OS/c1-6(2)7-5-11-9(13-7)4-3-8(10)12/h5-6H,3-4H2,1-2H3,(H2,10,12). The van der Waals surface area contributed by atoms with E-state index in [0.717, 1.165) is 5.01 Å². The van der Waals surface area contributed by atoms with E-state index in [1.54, 1.807) is 11.3 Å². The third-order valence-electron chi connectivity index (χ3n) is 1.73. The summed E-state index contributed by atoms with van der Waals surface area (Å²) in [6.07, 6.45) is 2.95. The summed E-state index contributed by atoms with van der Waals surface area (Å²) < 4.78 is 0. The lowest BCUT2D eigenvalue weighted by atomic mass is 10.2. The van der Waals surface area contributed by atoms with E-state index in [9.17, 15) is 4.79 Å². The Bertz CT molecular complexity index is 294. The molecule has 0 aliphatic rings. The van der Waals surface area contributed by atoms with Gasteiger partial charge in [-0.05, 0) is 5.92 Å². The first-order valence-corrected chi connectivity index (χ1v) is 5.14. The fourth-order valence-corrected chi connectivity index (χ4v) is 1.86. The number of aryl methyl sites for hydroxylation is 1. The summed E-state index contributed by atoms with van der Waals surface area (Å²) in [5.74, 6) is 0.251. The average molecular weight is 198 g/mol. The third kappa shape index (κ3) is 3.14. The zero-order valence-electron chi connectivity index (χ0n) is 7.91. The largest absolute Gasteiger partial charge is 0.370 e. The van der Waals surface area contributed by atoms with Crippen molar-refractivity contribution in [2.45, 2.75) is 32.6 Å². The first kappa shape index (κ1) is 10.2. The Morgan fingerprint density at radius 2 is 2.38 bits per heavy atom. The number of thiazole rings is 1. The van der Waals surface area contributed by atoms with E-state index < -0.39 is 0 Å². The molecule has 13 heavy (non-hydrogen) atoms. The molecule has 0 bridgehead atoms. The average Bonchev–Trinajstić information content (AvgIpc) is 2.48. The molecule has 0 radical (unpaired) electrons. The first-order chi connectivity index (χ1) is 6.09. The van der Waals surface area contributed by atoms with Crippen LogP contribution in [0.5, 0.6) is 0 Å². The van der Waals surface area contributed by atoms with Gasteiger partial charge in [0, 0.05) is 23.9 Å². The van der Waals surface area contributed by atoms with Crippen LogP contribution in [0.25, 0.3) is 0 Å². The molecule has 3 nitrogen and oxygen atoms in total. The minimum absolute atomic E-state index is 0.263. The van der Waals surface area contributed by atoms with Crippen LogP contribution in [0.1, 0.15) is 36.1 Å². The van der Waals surface area contributed by atoms with Crippen molar-refractivity contribution >= 4 is 17.2 Å². The number of rotatable bonds is 4. The molecule has 0 fully saturated rings. The minimum Gasteiger partial charge on any atom is -0.370 e. The maximum absolute atomic E-state index is 10.5. The van der Waals surface area contributed by atoms with Crippen molar-refractivity contribution in [2.75, 3.05) is 0 Å². The monoisotopic (exact) mass is 198 g/mol. The molecule has 0 unspecified atom stereocenters. The lowest BCUT2D eigenvalue weighted by Gasteiger charge is -1.96. The van der Waals surface area contributed by atoms with Crippen molar-refractivity contribution in [3.63, 3.8) is 0 Å². The molecular weight excluding hydrogens is 184 g/mol. The van der Waals surface area contributed by atoms with Crippen molar-refractivity contribution in [3.8, 4) is 0 Å². The van der Waals surface area contributed by atoms with Gasteiger partial charge < -0.3 is 5.73 Å². The molecule has 4 heteroatoms. The van der Waals surface area contributed by atoms with Crippen molar-refractivity contribution in [2.24, 2.45) is 5.73 Å². The van der Waals surface area contributed by atoms with Crippen molar-refractivity contribution in [1.29, 1.82) is 0 Å². The minimum atomic E-state index is -0.263. The highest BCUT2D eigenvalue weighted by molar-refractivity contribution is 7.11. The molecule has 0 saturated heterocycles. The molecule has 1 heterocycles. The fourth-order valence-electron chi connectivity index (χ4n) is 0.937. The van der Waals surface area contributed by atoms with Crippen molar-refractivity contribution in [3.05, 3.63) is 16.1 Å². The van der Waals surface area contributed by atoms with Crippen LogP contribution < -0.4 is 5.73 Å². The quantitative estimate of drug-likeness (QED) is 0.800. The number of aromatic nitrogens is 1. The Morgan fingerprint density at radius 1 is 1.69 bits per heavy atom. The summed E-state index contributed by atoms with van der Waals surface area (Å²) in [5, 5.41) is 1.00. The second-order valence-electron chi connectivity index (χ2n) is 3.28. The summed E-state index contributed by atoms with van der Waals surface area (Å²) >= 11 is 1.66. The molecule has 0 saturated carbocycles. The van der Waals surface area contributed by atoms with E-state index in [1.807, 2.05) is 6.20 Å². The van der Waals surface area contributed by atoms with E-state index in [4.69, 9.17) is 5.73 Å². The van der Waals surface area contributed by atoms with Gasteiger partial charge in [-0.25, -0.2) is 4.98 Å². The number of nitrogens with two attached hydrogens (primary N) is 1. The van der Waals surface area contributed by atoms with Gasteiger partial charge in [-0.15, -0.1) is 11.3 Å². The highest BCUT2D eigenvalue weighted by Crippen LogP contribution is 2.22. The summed E-state index contributed by atoms with van der Waals surface area (Å²) in [6, 6.07) is 0. The van der Waals surface area contributed by atoms with Crippen LogP contribution in [-0.4, -0.2) is 10.9 Å². The molecule has 0 aromatic carbocycles. The van der Waals surface area contributed by atoms with Gasteiger partial charge in [0.1, 0.15) is 0 Å². The summed E-state index contributed by atoms with van der Waals surface area (Å²) in [6.45, 7) is 4.26. The zero-order chi connectivity index (χ0) is 9.84. The number of primary amides is 1. The number of hydrogen-bond acceptors (Lipinski definition) is 3.